The molecule has 0 aromatic heterocycles. The number of amides is 1. The topological polar surface area (TPSA) is 55.6 Å². The monoisotopic (exact) mass is 294 g/mol. The van der Waals surface area contributed by atoms with Gasteiger partial charge in [-0.2, -0.15) is 11.8 Å². The first-order valence-electron chi connectivity index (χ1n) is 7.06. The summed E-state index contributed by atoms with van der Waals surface area (Å²) in [6, 6.07) is 7.29. The molecule has 1 aliphatic heterocycles. The summed E-state index contributed by atoms with van der Waals surface area (Å²) in [6.45, 7) is 4.31. The second kappa shape index (κ2) is 7.43. The van der Waals surface area contributed by atoms with Crippen LogP contribution < -0.4 is 10.5 Å². The van der Waals surface area contributed by atoms with Gasteiger partial charge in [0.15, 0.2) is 0 Å². The van der Waals surface area contributed by atoms with Crippen LogP contribution in [0.3, 0.4) is 0 Å². The van der Waals surface area contributed by atoms with Crippen molar-refractivity contribution in [1.29, 1.82) is 0 Å². The van der Waals surface area contributed by atoms with E-state index in [2.05, 4.69) is 6.92 Å². The summed E-state index contributed by atoms with van der Waals surface area (Å²) in [6.07, 6.45) is 1.55. The van der Waals surface area contributed by atoms with Crippen LogP contribution in [0.1, 0.15) is 19.8 Å². The number of nitrogens with zero attached hydrogens (tertiary/aromatic N) is 1. The molecule has 2 rings (SSSR count). The van der Waals surface area contributed by atoms with Gasteiger partial charge in [-0.25, -0.2) is 0 Å². The second-order valence-electron chi connectivity index (χ2n) is 4.91. The van der Waals surface area contributed by atoms with Gasteiger partial charge >= 0.3 is 0 Å². The number of ether oxygens (including phenoxy) is 1. The molecule has 1 amide bonds. The van der Waals surface area contributed by atoms with Crippen LogP contribution in [0.4, 0.5) is 5.69 Å². The van der Waals surface area contributed by atoms with Crippen LogP contribution in [-0.4, -0.2) is 41.5 Å². The van der Waals surface area contributed by atoms with Crippen molar-refractivity contribution in [1.82, 2.24) is 4.90 Å². The van der Waals surface area contributed by atoms with Crippen LogP contribution in [0.25, 0.3) is 0 Å². The summed E-state index contributed by atoms with van der Waals surface area (Å²) in [5.74, 6) is 1.95. The van der Waals surface area contributed by atoms with Crippen LogP contribution in [0.5, 0.6) is 5.75 Å². The molecule has 0 radical (unpaired) electrons. The number of hydrogen-bond donors (Lipinski definition) is 1. The van der Waals surface area contributed by atoms with E-state index in [-0.39, 0.29) is 5.91 Å². The van der Waals surface area contributed by atoms with Gasteiger partial charge < -0.3 is 15.4 Å². The van der Waals surface area contributed by atoms with E-state index in [1.165, 1.54) is 0 Å². The lowest BCUT2D eigenvalue weighted by Gasteiger charge is -2.32. The van der Waals surface area contributed by atoms with Gasteiger partial charge in [-0.05, 0) is 18.6 Å². The highest BCUT2D eigenvalue weighted by Crippen LogP contribution is 2.21. The molecule has 0 saturated carbocycles. The number of nitrogens with two attached hydrogens (primary N) is 1. The average Bonchev–Trinajstić information content (AvgIpc) is 2.47. The molecule has 1 aromatic carbocycles. The minimum atomic E-state index is 0.188. The maximum atomic E-state index is 12.1. The zero-order valence-electron chi connectivity index (χ0n) is 11.9. The molecule has 1 aromatic rings. The first-order chi connectivity index (χ1) is 9.69. The third kappa shape index (κ3) is 4.34. The smallest absolute Gasteiger partial charge is 0.226 e. The molecular formula is C15H22N2O2S. The SMILES string of the molecule is CCC1CN(C(=O)CCOc2cccc(N)c2)CCS1. The standard InChI is InChI=1S/C15H22N2O2S/c1-2-14-11-17(7-9-20-14)15(18)6-8-19-13-5-3-4-12(16)10-13/h3-5,10,14H,2,6-9,11,16H2,1H3. The lowest BCUT2D eigenvalue weighted by molar-refractivity contribution is -0.131. The van der Waals surface area contributed by atoms with Crippen LogP contribution in [0, 0.1) is 0 Å². The zero-order chi connectivity index (χ0) is 14.4. The lowest BCUT2D eigenvalue weighted by atomic mass is 10.2. The molecule has 0 spiro atoms. The van der Waals surface area contributed by atoms with Gasteiger partial charge in [-0.15, -0.1) is 0 Å². The summed E-state index contributed by atoms with van der Waals surface area (Å²) in [5.41, 5.74) is 6.35. The van der Waals surface area contributed by atoms with Gasteiger partial charge in [0.25, 0.3) is 0 Å². The molecule has 5 heteroatoms. The number of anilines is 1. The number of nitrogen functional groups attached to an aromatic ring is 1. The van der Waals surface area contributed by atoms with Crippen molar-refractivity contribution in [3.63, 3.8) is 0 Å². The Bertz CT molecular complexity index is 453. The number of hydrogen-bond acceptors (Lipinski definition) is 4. The quantitative estimate of drug-likeness (QED) is 0.847. The van der Waals surface area contributed by atoms with E-state index in [1.807, 2.05) is 34.9 Å². The number of thioether (sulfide) groups is 1. The highest BCUT2D eigenvalue weighted by molar-refractivity contribution is 8.00. The van der Waals surface area contributed by atoms with Crippen molar-refractivity contribution >= 4 is 23.4 Å². The fourth-order valence-electron chi connectivity index (χ4n) is 2.21. The van der Waals surface area contributed by atoms with Crippen molar-refractivity contribution in [3.8, 4) is 5.75 Å². The highest BCUT2D eigenvalue weighted by Gasteiger charge is 2.22. The molecule has 110 valence electrons. The fourth-order valence-corrected chi connectivity index (χ4v) is 3.39. The van der Waals surface area contributed by atoms with E-state index in [0.29, 0.717) is 24.0 Å². The predicted molar refractivity (Wildman–Crippen MR) is 84.1 cm³/mol. The molecule has 0 bridgehead atoms. The van der Waals surface area contributed by atoms with Crippen LogP contribution in [0.15, 0.2) is 24.3 Å². The van der Waals surface area contributed by atoms with Gasteiger partial charge in [0.1, 0.15) is 5.75 Å². The van der Waals surface area contributed by atoms with Crippen molar-refractivity contribution in [3.05, 3.63) is 24.3 Å². The molecule has 4 nitrogen and oxygen atoms in total. The molecule has 1 saturated heterocycles. The molecule has 0 aliphatic carbocycles. The number of rotatable bonds is 5. The minimum Gasteiger partial charge on any atom is -0.493 e. The van der Waals surface area contributed by atoms with Crippen LogP contribution in [-0.2, 0) is 4.79 Å². The number of benzene rings is 1. The minimum absolute atomic E-state index is 0.188. The van der Waals surface area contributed by atoms with E-state index < -0.39 is 0 Å². The van der Waals surface area contributed by atoms with E-state index in [9.17, 15) is 4.79 Å². The van der Waals surface area contributed by atoms with Crippen molar-refractivity contribution in [2.75, 3.05) is 31.2 Å². The fraction of sp³-hybridized carbons (Fsp3) is 0.533. The normalized spacial score (nSPS) is 18.9. The Hall–Kier alpha value is -1.36. The third-order valence-corrected chi connectivity index (χ3v) is 4.76. The number of carbonyl (C=O) groups excluding carboxylic acids is 1. The van der Waals surface area contributed by atoms with E-state index in [4.69, 9.17) is 10.5 Å². The molecule has 20 heavy (non-hydrogen) atoms. The molecule has 1 aliphatic rings. The molecular weight excluding hydrogens is 272 g/mol. The van der Waals surface area contributed by atoms with Crippen molar-refractivity contribution in [2.45, 2.75) is 25.0 Å². The van der Waals surface area contributed by atoms with Gasteiger partial charge in [0.2, 0.25) is 5.91 Å². The largest absolute Gasteiger partial charge is 0.493 e. The van der Waals surface area contributed by atoms with Crippen LogP contribution in [0.2, 0.25) is 0 Å². The maximum Gasteiger partial charge on any atom is 0.226 e. The third-order valence-electron chi connectivity index (χ3n) is 3.39. The van der Waals surface area contributed by atoms with Gasteiger partial charge in [-0.1, -0.05) is 13.0 Å². The summed E-state index contributed by atoms with van der Waals surface area (Å²) in [7, 11) is 0. The molecule has 1 unspecified atom stereocenters. The van der Waals surface area contributed by atoms with E-state index in [0.717, 1.165) is 31.0 Å². The lowest BCUT2D eigenvalue weighted by Crippen LogP contribution is -2.42. The maximum absolute atomic E-state index is 12.1. The highest BCUT2D eigenvalue weighted by atomic mass is 32.2. The average molecular weight is 294 g/mol. The molecule has 1 fully saturated rings. The molecule has 1 atom stereocenters. The Morgan fingerprint density at radius 3 is 3.15 bits per heavy atom. The zero-order valence-corrected chi connectivity index (χ0v) is 12.7. The Labute approximate surface area is 124 Å². The Morgan fingerprint density at radius 2 is 2.40 bits per heavy atom. The van der Waals surface area contributed by atoms with E-state index in [1.54, 1.807) is 6.07 Å². The van der Waals surface area contributed by atoms with Crippen molar-refractivity contribution < 1.29 is 9.53 Å². The molecule has 1 heterocycles. The Balaban J connectivity index is 1.75. The van der Waals surface area contributed by atoms with E-state index >= 15 is 0 Å². The van der Waals surface area contributed by atoms with Gasteiger partial charge in [-0.3, -0.25) is 4.79 Å². The second-order valence-corrected chi connectivity index (χ2v) is 6.32. The summed E-state index contributed by atoms with van der Waals surface area (Å²) in [5, 5.41) is 0.586. The summed E-state index contributed by atoms with van der Waals surface area (Å²) >= 11 is 1.97. The predicted octanol–water partition coefficient (Wildman–Crippen LogP) is 2.39. The number of carbonyl (C=O) groups is 1. The Morgan fingerprint density at radius 1 is 1.55 bits per heavy atom. The first-order valence-corrected chi connectivity index (χ1v) is 8.11. The summed E-state index contributed by atoms with van der Waals surface area (Å²) < 4.78 is 5.57. The Kier molecular flexibility index (Phi) is 5.59. The van der Waals surface area contributed by atoms with Crippen molar-refractivity contribution in [2.24, 2.45) is 0 Å². The molecule has 2 N–H and O–H groups in total. The summed E-state index contributed by atoms with van der Waals surface area (Å²) in [4.78, 5) is 14.1. The first kappa shape index (κ1) is 15.0. The van der Waals surface area contributed by atoms with Gasteiger partial charge in [0.05, 0.1) is 13.0 Å². The van der Waals surface area contributed by atoms with Crippen LogP contribution >= 0.6 is 11.8 Å². The van der Waals surface area contributed by atoms with Gasteiger partial charge in [0, 0.05) is 35.8 Å².